The fraction of sp³-hybridized carbons (Fsp3) is 0.250. The summed E-state index contributed by atoms with van der Waals surface area (Å²) in [4.78, 5) is 14.5. The highest BCUT2D eigenvalue weighted by atomic mass is 35.5. The third-order valence-corrected chi connectivity index (χ3v) is 3.17. The van der Waals surface area contributed by atoms with Crippen LogP contribution in [0.1, 0.15) is 12.5 Å². The number of ether oxygens (including phenoxy) is 1. The summed E-state index contributed by atoms with van der Waals surface area (Å²) in [7, 11) is 0. The van der Waals surface area contributed by atoms with E-state index in [0.717, 1.165) is 16.5 Å². The summed E-state index contributed by atoms with van der Waals surface area (Å²) in [5, 5.41) is 1.86. The van der Waals surface area contributed by atoms with Crippen LogP contribution in [0.15, 0.2) is 18.3 Å². The number of hydrogen-bond acceptors (Lipinski definition) is 2. The van der Waals surface area contributed by atoms with Gasteiger partial charge in [0.1, 0.15) is 0 Å². The number of esters is 1. The van der Waals surface area contributed by atoms with Gasteiger partial charge in [-0.3, -0.25) is 4.79 Å². The van der Waals surface area contributed by atoms with Gasteiger partial charge in [0.05, 0.1) is 23.1 Å². The van der Waals surface area contributed by atoms with E-state index in [4.69, 9.17) is 27.9 Å². The van der Waals surface area contributed by atoms with Gasteiger partial charge >= 0.3 is 5.97 Å². The molecule has 90 valence electrons. The first kappa shape index (κ1) is 12.3. The van der Waals surface area contributed by atoms with Gasteiger partial charge in [-0.05, 0) is 24.6 Å². The zero-order valence-electron chi connectivity index (χ0n) is 9.22. The molecule has 1 N–H and O–H groups in total. The van der Waals surface area contributed by atoms with Gasteiger partial charge in [0.15, 0.2) is 0 Å². The Balaban J connectivity index is 2.36. The van der Waals surface area contributed by atoms with E-state index in [0.29, 0.717) is 16.7 Å². The second kappa shape index (κ2) is 4.98. The number of aromatic amines is 1. The summed E-state index contributed by atoms with van der Waals surface area (Å²) in [5.74, 6) is -0.250. The molecule has 0 saturated heterocycles. The van der Waals surface area contributed by atoms with Gasteiger partial charge in [0.25, 0.3) is 0 Å². The predicted octanol–water partition coefficient (Wildman–Crippen LogP) is 3.58. The molecule has 0 aliphatic heterocycles. The Morgan fingerprint density at radius 3 is 2.76 bits per heavy atom. The molecule has 2 aromatic rings. The minimum absolute atomic E-state index is 0.228. The molecule has 0 fully saturated rings. The van der Waals surface area contributed by atoms with E-state index in [2.05, 4.69) is 4.98 Å². The van der Waals surface area contributed by atoms with Crippen molar-refractivity contribution < 1.29 is 9.53 Å². The minimum Gasteiger partial charge on any atom is -0.466 e. The molecule has 0 unspecified atom stereocenters. The van der Waals surface area contributed by atoms with Gasteiger partial charge in [-0.2, -0.15) is 0 Å². The van der Waals surface area contributed by atoms with Gasteiger partial charge in [-0.25, -0.2) is 0 Å². The van der Waals surface area contributed by atoms with Crippen LogP contribution in [0.2, 0.25) is 10.0 Å². The largest absolute Gasteiger partial charge is 0.466 e. The van der Waals surface area contributed by atoms with Crippen molar-refractivity contribution in [3.8, 4) is 0 Å². The Morgan fingerprint density at radius 1 is 1.35 bits per heavy atom. The fourth-order valence-electron chi connectivity index (χ4n) is 1.69. The van der Waals surface area contributed by atoms with Crippen LogP contribution in [0.5, 0.6) is 0 Å². The number of halogens is 2. The molecule has 3 nitrogen and oxygen atoms in total. The predicted molar refractivity (Wildman–Crippen MR) is 68.7 cm³/mol. The monoisotopic (exact) mass is 271 g/mol. The number of carbonyl (C=O) groups is 1. The summed E-state index contributed by atoms with van der Waals surface area (Å²) < 4.78 is 4.91. The molecule has 0 spiro atoms. The van der Waals surface area contributed by atoms with Crippen molar-refractivity contribution in [3.63, 3.8) is 0 Å². The van der Waals surface area contributed by atoms with E-state index in [1.54, 1.807) is 25.3 Å². The highest BCUT2D eigenvalue weighted by molar-refractivity contribution is 6.42. The third kappa shape index (κ3) is 2.56. The van der Waals surface area contributed by atoms with E-state index in [-0.39, 0.29) is 12.4 Å². The maximum Gasteiger partial charge on any atom is 0.310 e. The number of nitrogens with one attached hydrogen (secondary N) is 1. The number of H-pyrrole nitrogens is 1. The topological polar surface area (TPSA) is 42.1 Å². The summed E-state index contributed by atoms with van der Waals surface area (Å²) in [6, 6.07) is 3.50. The van der Waals surface area contributed by atoms with E-state index in [1.807, 2.05) is 0 Å². The SMILES string of the molecule is CCOC(=O)Cc1c[nH]c2cc(Cl)c(Cl)cc12. The molecule has 0 bridgehead atoms. The molecule has 5 heteroatoms. The second-order valence-electron chi connectivity index (χ2n) is 3.61. The van der Waals surface area contributed by atoms with E-state index < -0.39 is 0 Å². The number of rotatable bonds is 3. The van der Waals surface area contributed by atoms with Gasteiger partial charge in [0, 0.05) is 17.1 Å². The van der Waals surface area contributed by atoms with Gasteiger partial charge in [-0.1, -0.05) is 23.2 Å². The van der Waals surface area contributed by atoms with Crippen molar-refractivity contribution in [2.45, 2.75) is 13.3 Å². The van der Waals surface area contributed by atoms with E-state index >= 15 is 0 Å². The Kier molecular flexibility index (Phi) is 3.60. The van der Waals surface area contributed by atoms with E-state index in [1.165, 1.54) is 0 Å². The summed E-state index contributed by atoms with van der Waals surface area (Å²) in [6.07, 6.45) is 2.00. The van der Waals surface area contributed by atoms with Crippen LogP contribution in [-0.4, -0.2) is 17.6 Å². The van der Waals surface area contributed by atoms with Crippen LogP contribution < -0.4 is 0 Å². The maximum absolute atomic E-state index is 11.4. The van der Waals surface area contributed by atoms with Crippen LogP contribution in [0, 0.1) is 0 Å². The molecule has 0 saturated carbocycles. The Morgan fingerprint density at radius 2 is 2.06 bits per heavy atom. The average Bonchev–Trinajstić information content (AvgIpc) is 2.63. The molecule has 1 aromatic heterocycles. The zero-order chi connectivity index (χ0) is 12.4. The van der Waals surface area contributed by atoms with Crippen LogP contribution >= 0.6 is 23.2 Å². The lowest BCUT2D eigenvalue weighted by atomic mass is 10.1. The molecular formula is C12H11Cl2NO2. The first-order valence-electron chi connectivity index (χ1n) is 5.22. The third-order valence-electron chi connectivity index (χ3n) is 2.45. The Labute approximate surface area is 109 Å². The summed E-state index contributed by atoms with van der Waals surface area (Å²) in [6.45, 7) is 2.16. The van der Waals surface area contributed by atoms with Gasteiger partial charge in [-0.15, -0.1) is 0 Å². The summed E-state index contributed by atoms with van der Waals surface area (Å²) in [5.41, 5.74) is 1.72. The van der Waals surface area contributed by atoms with Crippen LogP contribution in [-0.2, 0) is 16.0 Å². The zero-order valence-corrected chi connectivity index (χ0v) is 10.7. The van der Waals surface area contributed by atoms with Crippen molar-refractivity contribution in [2.75, 3.05) is 6.61 Å². The van der Waals surface area contributed by atoms with Crippen LogP contribution in [0.25, 0.3) is 10.9 Å². The molecule has 0 aliphatic rings. The summed E-state index contributed by atoms with van der Waals surface area (Å²) >= 11 is 11.9. The molecular weight excluding hydrogens is 261 g/mol. The number of aromatic nitrogens is 1. The normalized spacial score (nSPS) is 10.8. The molecule has 0 radical (unpaired) electrons. The highest BCUT2D eigenvalue weighted by Crippen LogP contribution is 2.29. The van der Waals surface area contributed by atoms with Gasteiger partial charge < -0.3 is 9.72 Å². The smallest absolute Gasteiger partial charge is 0.310 e. The van der Waals surface area contributed by atoms with Crippen molar-refractivity contribution in [1.29, 1.82) is 0 Å². The van der Waals surface area contributed by atoms with Crippen molar-refractivity contribution in [3.05, 3.63) is 33.9 Å². The van der Waals surface area contributed by atoms with Gasteiger partial charge in [0.2, 0.25) is 0 Å². The standard InChI is InChI=1S/C12H11Cl2NO2/c1-2-17-12(16)3-7-6-15-11-5-10(14)9(13)4-8(7)11/h4-6,15H,2-3H2,1H3. The lowest BCUT2D eigenvalue weighted by Gasteiger charge is -2.01. The molecule has 2 rings (SSSR count). The Bertz CT molecular complexity index is 563. The van der Waals surface area contributed by atoms with Crippen molar-refractivity contribution in [2.24, 2.45) is 0 Å². The first-order chi connectivity index (χ1) is 8.11. The second-order valence-corrected chi connectivity index (χ2v) is 4.42. The number of fused-ring (bicyclic) bond motifs is 1. The lowest BCUT2D eigenvalue weighted by Crippen LogP contribution is -2.06. The van der Waals surface area contributed by atoms with Crippen LogP contribution in [0.3, 0.4) is 0 Å². The van der Waals surface area contributed by atoms with Crippen LogP contribution in [0.4, 0.5) is 0 Å². The molecule has 1 heterocycles. The molecule has 0 aliphatic carbocycles. The molecule has 1 aromatic carbocycles. The maximum atomic E-state index is 11.4. The number of benzene rings is 1. The molecule has 0 atom stereocenters. The first-order valence-corrected chi connectivity index (χ1v) is 5.98. The quantitative estimate of drug-likeness (QED) is 0.868. The number of hydrogen-bond donors (Lipinski definition) is 1. The average molecular weight is 272 g/mol. The van der Waals surface area contributed by atoms with Crippen molar-refractivity contribution >= 4 is 40.1 Å². The minimum atomic E-state index is -0.250. The molecule has 0 amide bonds. The molecule has 17 heavy (non-hydrogen) atoms. The highest BCUT2D eigenvalue weighted by Gasteiger charge is 2.11. The Hall–Kier alpha value is -1.19. The fourth-order valence-corrected chi connectivity index (χ4v) is 2.02. The number of carbonyl (C=O) groups excluding carboxylic acids is 1. The van der Waals surface area contributed by atoms with Crippen molar-refractivity contribution in [1.82, 2.24) is 4.98 Å². The van der Waals surface area contributed by atoms with E-state index in [9.17, 15) is 4.79 Å². The lowest BCUT2D eigenvalue weighted by molar-refractivity contribution is -0.142.